The number of carbonyl (C=O) groups is 1. The Hall–Kier alpha value is -2.69. The summed E-state index contributed by atoms with van der Waals surface area (Å²) >= 11 is 1.36. The first-order chi connectivity index (χ1) is 14.9. The normalized spacial score (nSPS) is 14.6. The third-order valence-electron chi connectivity index (χ3n) is 5.04. The van der Waals surface area contributed by atoms with Crippen molar-refractivity contribution in [1.82, 2.24) is 13.9 Å². The van der Waals surface area contributed by atoms with E-state index in [1.165, 1.54) is 46.5 Å². The van der Waals surface area contributed by atoms with Gasteiger partial charge in [-0.1, -0.05) is 11.8 Å². The lowest BCUT2D eigenvalue weighted by molar-refractivity contribution is 0.102. The second kappa shape index (κ2) is 8.81. The van der Waals surface area contributed by atoms with Crippen molar-refractivity contribution in [2.45, 2.75) is 22.9 Å². The highest BCUT2D eigenvalue weighted by Crippen LogP contribution is 2.24. The molecule has 7 nitrogen and oxygen atoms in total. The number of sulfonamides is 1. The Morgan fingerprint density at radius 2 is 1.71 bits per heavy atom. The molecule has 0 spiro atoms. The fraction of sp³-hybridized carbons (Fsp3) is 0.238. The minimum Gasteiger partial charge on any atom is -0.321 e. The number of hydrogen-bond acceptors (Lipinski definition) is 5. The first-order valence-corrected chi connectivity index (χ1v) is 12.4. The van der Waals surface area contributed by atoms with Gasteiger partial charge in [0.25, 0.3) is 5.91 Å². The van der Waals surface area contributed by atoms with E-state index in [1.54, 1.807) is 28.8 Å². The quantitative estimate of drug-likeness (QED) is 0.566. The van der Waals surface area contributed by atoms with E-state index in [9.17, 15) is 17.6 Å². The molecule has 10 heteroatoms. The lowest BCUT2D eigenvalue weighted by Crippen LogP contribution is -2.27. The van der Waals surface area contributed by atoms with Crippen LogP contribution in [0.2, 0.25) is 0 Å². The molecule has 1 amide bonds. The summed E-state index contributed by atoms with van der Waals surface area (Å²) in [7, 11) is -3.51. The molecule has 2 heterocycles. The molecule has 1 saturated heterocycles. The molecule has 2 aromatic carbocycles. The number of hydrogen-bond donors (Lipinski definition) is 1. The number of nitrogens with zero attached hydrogens (tertiary/aromatic N) is 3. The fourth-order valence-electron chi connectivity index (χ4n) is 3.46. The Morgan fingerprint density at radius 1 is 1.06 bits per heavy atom. The van der Waals surface area contributed by atoms with Crippen LogP contribution in [0.4, 0.5) is 10.1 Å². The van der Waals surface area contributed by atoms with E-state index in [2.05, 4.69) is 10.3 Å². The molecule has 0 bridgehead atoms. The number of carbonyl (C=O) groups excluding carboxylic acids is 1. The second-order valence-corrected chi connectivity index (χ2v) is 9.74. The van der Waals surface area contributed by atoms with Crippen LogP contribution in [-0.4, -0.2) is 47.5 Å². The van der Waals surface area contributed by atoms with Gasteiger partial charge in [-0.25, -0.2) is 17.8 Å². The van der Waals surface area contributed by atoms with Gasteiger partial charge in [-0.05, 0) is 67.6 Å². The van der Waals surface area contributed by atoms with Crippen LogP contribution in [0.25, 0.3) is 5.69 Å². The molecular formula is C21H21FN4O3S2. The molecule has 0 saturated carbocycles. The smallest absolute Gasteiger partial charge is 0.274 e. The van der Waals surface area contributed by atoms with Gasteiger partial charge in [0, 0.05) is 24.5 Å². The minimum absolute atomic E-state index is 0.202. The summed E-state index contributed by atoms with van der Waals surface area (Å²) in [6.45, 7) is 1.07. The molecule has 3 aromatic rings. The average Bonchev–Trinajstić information content (AvgIpc) is 3.45. The molecule has 1 aliphatic heterocycles. The topological polar surface area (TPSA) is 84.3 Å². The van der Waals surface area contributed by atoms with Gasteiger partial charge in [0.2, 0.25) is 10.0 Å². The van der Waals surface area contributed by atoms with Crippen LogP contribution in [0.5, 0.6) is 0 Å². The molecule has 0 aliphatic carbocycles. The lowest BCUT2D eigenvalue weighted by Gasteiger charge is -2.16. The van der Waals surface area contributed by atoms with E-state index >= 15 is 0 Å². The standard InChI is InChI=1S/C21H21FN4O3S2/c1-30-21-23-14-19(26(21)17-8-4-15(22)5-9-17)20(27)24-16-6-10-18(11-7-16)31(28,29)25-12-2-3-13-25/h4-11,14H,2-3,12-13H2,1H3,(H,24,27). The van der Waals surface area contributed by atoms with E-state index in [0.29, 0.717) is 29.6 Å². The van der Waals surface area contributed by atoms with Gasteiger partial charge in [-0.2, -0.15) is 4.31 Å². The maximum Gasteiger partial charge on any atom is 0.274 e. The maximum atomic E-state index is 13.3. The number of benzene rings is 2. The molecule has 1 N–H and O–H groups in total. The van der Waals surface area contributed by atoms with Gasteiger partial charge >= 0.3 is 0 Å². The number of anilines is 1. The molecule has 1 fully saturated rings. The third-order valence-corrected chi connectivity index (χ3v) is 7.61. The monoisotopic (exact) mass is 460 g/mol. The Balaban J connectivity index is 1.56. The van der Waals surface area contributed by atoms with Crippen LogP contribution in [-0.2, 0) is 10.0 Å². The summed E-state index contributed by atoms with van der Waals surface area (Å²) < 4.78 is 41.7. The second-order valence-electron chi connectivity index (χ2n) is 7.03. The van der Waals surface area contributed by atoms with Crippen LogP contribution in [0.15, 0.2) is 64.8 Å². The number of aromatic nitrogens is 2. The van der Waals surface area contributed by atoms with Crippen LogP contribution >= 0.6 is 11.8 Å². The predicted octanol–water partition coefficient (Wildman–Crippen LogP) is 3.77. The van der Waals surface area contributed by atoms with Gasteiger partial charge < -0.3 is 5.32 Å². The highest BCUT2D eigenvalue weighted by molar-refractivity contribution is 7.98. The third kappa shape index (κ3) is 4.36. The summed E-state index contributed by atoms with van der Waals surface area (Å²) in [4.78, 5) is 17.4. The molecule has 0 atom stereocenters. The lowest BCUT2D eigenvalue weighted by atomic mass is 10.3. The summed E-state index contributed by atoms with van der Waals surface area (Å²) in [6.07, 6.45) is 5.03. The zero-order chi connectivity index (χ0) is 22.0. The van der Waals surface area contributed by atoms with Crippen molar-refractivity contribution >= 4 is 33.4 Å². The summed E-state index contributed by atoms with van der Waals surface area (Å²) in [5.74, 6) is -0.781. The van der Waals surface area contributed by atoms with Crippen molar-refractivity contribution < 1.29 is 17.6 Å². The Bertz CT molecular complexity index is 1190. The summed E-state index contributed by atoms with van der Waals surface area (Å²) in [6, 6.07) is 11.9. The molecular weight excluding hydrogens is 439 g/mol. The molecule has 162 valence electrons. The highest BCUT2D eigenvalue weighted by atomic mass is 32.2. The largest absolute Gasteiger partial charge is 0.321 e. The van der Waals surface area contributed by atoms with E-state index in [1.807, 2.05) is 6.26 Å². The molecule has 4 rings (SSSR count). The predicted molar refractivity (Wildman–Crippen MR) is 118 cm³/mol. The van der Waals surface area contributed by atoms with E-state index < -0.39 is 15.9 Å². The number of nitrogens with one attached hydrogen (secondary N) is 1. The zero-order valence-electron chi connectivity index (χ0n) is 16.8. The minimum atomic E-state index is -3.51. The molecule has 0 unspecified atom stereocenters. The van der Waals surface area contributed by atoms with Crippen LogP contribution in [0.3, 0.4) is 0 Å². The Labute approximate surface area is 184 Å². The van der Waals surface area contributed by atoms with Crippen LogP contribution in [0, 0.1) is 5.82 Å². The van der Waals surface area contributed by atoms with Crippen LogP contribution < -0.4 is 5.32 Å². The van der Waals surface area contributed by atoms with Crippen LogP contribution in [0.1, 0.15) is 23.3 Å². The van der Waals surface area contributed by atoms with Crippen molar-refractivity contribution in [1.29, 1.82) is 0 Å². The first-order valence-electron chi connectivity index (χ1n) is 9.69. The number of halogens is 1. The number of rotatable bonds is 6. The molecule has 1 aromatic heterocycles. The van der Waals surface area contributed by atoms with Gasteiger partial charge in [-0.3, -0.25) is 9.36 Å². The first kappa shape index (κ1) is 21.5. The van der Waals surface area contributed by atoms with Gasteiger partial charge in [0.1, 0.15) is 11.5 Å². The van der Waals surface area contributed by atoms with Crippen molar-refractivity contribution in [3.63, 3.8) is 0 Å². The van der Waals surface area contributed by atoms with Gasteiger partial charge in [0.15, 0.2) is 5.16 Å². The SMILES string of the molecule is CSc1ncc(C(=O)Nc2ccc(S(=O)(=O)N3CCCC3)cc2)n1-c1ccc(F)cc1. The number of amides is 1. The van der Waals surface area contributed by atoms with Gasteiger partial charge in [0.05, 0.1) is 11.1 Å². The van der Waals surface area contributed by atoms with Gasteiger partial charge in [-0.15, -0.1) is 0 Å². The summed E-state index contributed by atoms with van der Waals surface area (Å²) in [5.41, 5.74) is 1.35. The van der Waals surface area contributed by atoms with E-state index in [4.69, 9.17) is 0 Å². The summed E-state index contributed by atoms with van der Waals surface area (Å²) in [5, 5.41) is 3.36. The fourth-order valence-corrected chi connectivity index (χ4v) is 5.52. The highest BCUT2D eigenvalue weighted by Gasteiger charge is 2.27. The Kier molecular flexibility index (Phi) is 6.12. The molecule has 0 radical (unpaired) electrons. The number of imidazole rings is 1. The molecule has 1 aliphatic rings. The van der Waals surface area contributed by atoms with Crippen molar-refractivity contribution in [2.75, 3.05) is 24.7 Å². The van der Waals surface area contributed by atoms with Crippen molar-refractivity contribution in [2.24, 2.45) is 0 Å². The zero-order valence-corrected chi connectivity index (χ0v) is 18.4. The van der Waals surface area contributed by atoms with Crippen molar-refractivity contribution in [3.8, 4) is 5.69 Å². The van der Waals surface area contributed by atoms with E-state index in [-0.39, 0.29) is 16.4 Å². The van der Waals surface area contributed by atoms with E-state index in [0.717, 1.165) is 12.8 Å². The van der Waals surface area contributed by atoms with Crippen molar-refractivity contribution in [3.05, 3.63) is 66.2 Å². The Morgan fingerprint density at radius 3 is 2.32 bits per heavy atom. The maximum absolute atomic E-state index is 13.3. The molecule has 31 heavy (non-hydrogen) atoms. The average molecular weight is 461 g/mol. The number of thioether (sulfide) groups is 1.